The van der Waals surface area contributed by atoms with E-state index in [9.17, 15) is 4.79 Å². The molecule has 2 rings (SSSR count). The van der Waals surface area contributed by atoms with E-state index in [1.807, 2.05) is 11.8 Å². The second-order valence-corrected chi connectivity index (χ2v) is 5.61. The van der Waals surface area contributed by atoms with Crippen LogP contribution in [-0.2, 0) is 14.3 Å². The Balaban J connectivity index is 1.89. The first-order valence-electron chi connectivity index (χ1n) is 7.53. The smallest absolute Gasteiger partial charge is 0.251 e. The number of hydrogen-bond acceptors (Lipinski definition) is 4. The molecule has 1 aromatic heterocycles. The number of H-pyrrole nitrogens is 1. The van der Waals surface area contributed by atoms with E-state index in [0.717, 1.165) is 37.3 Å². The van der Waals surface area contributed by atoms with E-state index in [0.29, 0.717) is 19.1 Å². The summed E-state index contributed by atoms with van der Waals surface area (Å²) in [5.74, 6) is 0.377. The van der Waals surface area contributed by atoms with E-state index in [4.69, 9.17) is 9.47 Å². The van der Waals surface area contributed by atoms with Crippen molar-refractivity contribution in [2.24, 2.45) is 0 Å². The molecule has 0 unspecified atom stereocenters. The fourth-order valence-corrected chi connectivity index (χ4v) is 2.70. The molecule has 21 heavy (non-hydrogen) atoms. The fraction of sp³-hybridized carbons (Fsp3) is 0.733. The maximum absolute atomic E-state index is 12.4. The number of nitrogens with one attached hydrogen (secondary N) is 1. The number of likely N-dealkylation sites (tertiary alicyclic amines) is 1. The number of piperidine rings is 1. The second-order valence-electron chi connectivity index (χ2n) is 5.61. The van der Waals surface area contributed by atoms with Crippen molar-refractivity contribution in [3.05, 3.63) is 17.5 Å². The van der Waals surface area contributed by atoms with Crippen LogP contribution in [0.3, 0.4) is 0 Å². The lowest BCUT2D eigenvalue weighted by Gasteiger charge is -2.33. The number of methoxy groups -OCH3 is 1. The topological polar surface area (TPSA) is 67.5 Å². The van der Waals surface area contributed by atoms with Crippen molar-refractivity contribution < 1.29 is 14.3 Å². The predicted octanol–water partition coefficient (Wildman–Crippen LogP) is 1.48. The van der Waals surface area contributed by atoms with E-state index in [1.165, 1.54) is 0 Å². The van der Waals surface area contributed by atoms with Gasteiger partial charge in [-0.3, -0.25) is 9.89 Å². The monoisotopic (exact) mass is 295 g/mol. The summed E-state index contributed by atoms with van der Waals surface area (Å²) in [6.45, 7) is 6.28. The minimum absolute atomic E-state index is 0.0584. The van der Waals surface area contributed by atoms with E-state index in [2.05, 4.69) is 16.3 Å². The summed E-state index contributed by atoms with van der Waals surface area (Å²) in [5, 5.41) is 7.30. The molecule has 2 heterocycles. The molecule has 0 aliphatic carbocycles. The van der Waals surface area contributed by atoms with Gasteiger partial charge in [-0.1, -0.05) is 0 Å². The van der Waals surface area contributed by atoms with Gasteiger partial charge in [0.2, 0.25) is 0 Å². The minimum Gasteiger partial charge on any atom is -0.382 e. The average Bonchev–Trinajstić information content (AvgIpc) is 2.93. The van der Waals surface area contributed by atoms with Crippen molar-refractivity contribution in [3.8, 4) is 0 Å². The molecule has 1 aromatic rings. The molecule has 1 amide bonds. The van der Waals surface area contributed by atoms with Crippen LogP contribution in [0.2, 0.25) is 0 Å². The number of carbonyl (C=O) groups excluding carboxylic acids is 1. The number of aromatic amines is 1. The van der Waals surface area contributed by atoms with E-state index < -0.39 is 6.10 Å². The van der Waals surface area contributed by atoms with Gasteiger partial charge in [0.1, 0.15) is 6.10 Å². The molecular weight excluding hydrogens is 270 g/mol. The zero-order valence-electron chi connectivity index (χ0n) is 13.1. The number of amides is 1. The number of hydrogen-bond donors (Lipinski definition) is 1. The normalized spacial score (nSPS) is 20.5. The number of nitrogens with zero attached hydrogens (tertiary/aromatic N) is 2. The summed E-state index contributed by atoms with van der Waals surface area (Å²) < 4.78 is 10.4. The van der Waals surface area contributed by atoms with Gasteiger partial charge in [-0.05, 0) is 32.8 Å². The zero-order valence-corrected chi connectivity index (χ0v) is 13.1. The highest BCUT2D eigenvalue weighted by Crippen LogP contribution is 2.26. The number of carbonyl (C=O) groups is 1. The van der Waals surface area contributed by atoms with Crippen LogP contribution >= 0.6 is 0 Å². The Kier molecular flexibility index (Phi) is 5.76. The van der Waals surface area contributed by atoms with Crippen molar-refractivity contribution in [2.75, 3.05) is 33.4 Å². The van der Waals surface area contributed by atoms with Gasteiger partial charge in [0, 0.05) is 31.8 Å². The van der Waals surface area contributed by atoms with Gasteiger partial charge in [-0.15, -0.1) is 0 Å². The molecule has 0 aromatic carbocycles. The van der Waals surface area contributed by atoms with Gasteiger partial charge in [0.05, 0.1) is 18.9 Å². The second kappa shape index (κ2) is 7.56. The SMILES string of the molecule is COCCO[C@H](C)C(=O)N1CCC[C@@H](c2cc(C)[nH]n2)C1. The highest BCUT2D eigenvalue weighted by molar-refractivity contribution is 5.80. The summed E-state index contributed by atoms with van der Waals surface area (Å²) in [6.07, 6.45) is 1.67. The highest BCUT2D eigenvalue weighted by atomic mass is 16.5. The molecule has 0 radical (unpaired) electrons. The van der Waals surface area contributed by atoms with Gasteiger partial charge in [-0.25, -0.2) is 0 Å². The number of rotatable bonds is 6. The van der Waals surface area contributed by atoms with E-state index in [1.54, 1.807) is 14.0 Å². The predicted molar refractivity (Wildman–Crippen MR) is 79.2 cm³/mol. The third-order valence-corrected chi connectivity index (χ3v) is 3.88. The van der Waals surface area contributed by atoms with Gasteiger partial charge in [-0.2, -0.15) is 5.10 Å². The van der Waals surface area contributed by atoms with Crippen LogP contribution in [0.5, 0.6) is 0 Å². The van der Waals surface area contributed by atoms with Crippen LogP contribution in [0.25, 0.3) is 0 Å². The van der Waals surface area contributed by atoms with Crippen LogP contribution in [0, 0.1) is 6.92 Å². The molecule has 1 N–H and O–H groups in total. The van der Waals surface area contributed by atoms with Crippen molar-refractivity contribution in [1.29, 1.82) is 0 Å². The Labute approximate surface area is 125 Å². The third-order valence-electron chi connectivity index (χ3n) is 3.88. The van der Waals surface area contributed by atoms with Crippen LogP contribution in [-0.4, -0.2) is 60.5 Å². The van der Waals surface area contributed by atoms with Crippen LogP contribution in [0.1, 0.15) is 37.1 Å². The van der Waals surface area contributed by atoms with E-state index in [-0.39, 0.29) is 5.91 Å². The molecule has 0 spiro atoms. The first kappa shape index (κ1) is 16.0. The molecule has 2 atom stereocenters. The molecule has 1 fully saturated rings. The van der Waals surface area contributed by atoms with Gasteiger partial charge >= 0.3 is 0 Å². The van der Waals surface area contributed by atoms with Crippen molar-refractivity contribution in [2.45, 2.75) is 38.7 Å². The molecule has 118 valence electrons. The molecule has 0 saturated carbocycles. The van der Waals surface area contributed by atoms with Gasteiger partial charge in [0.15, 0.2) is 0 Å². The van der Waals surface area contributed by atoms with E-state index >= 15 is 0 Å². The summed E-state index contributed by atoms with van der Waals surface area (Å²) >= 11 is 0. The highest BCUT2D eigenvalue weighted by Gasteiger charge is 2.28. The zero-order chi connectivity index (χ0) is 15.2. The Morgan fingerprint density at radius 2 is 2.38 bits per heavy atom. The van der Waals surface area contributed by atoms with Crippen LogP contribution < -0.4 is 0 Å². The number of ether oxygens (including phenoxy) is 2. The number of aryl methyl sites for hydroxylation is 1. The maximum atomic E-state index is 12.4. The summed E-state index contributed by atoms with van der Waals surface area (Å²) in [7, 11) is 1.62. The third kappa shape index (κ3) is 4.28. The lowest BCUT2D eigenvalue weighted by atomic mass is 9.94. The standard InChI is InChI=1S/C15H25N3O3/c1-11-9-14(17-16-11)13-5-4-6-18(10-13)15(19)12(2)21-8-7-20-3/h9,12-13H,4-8,10H2,1-3H3,(H,16,17)/t12-,13-/m1/s1. The Bertz CT molecular complexity index is 461. The quantitative estimate of drug-likeness (QED) is 0.807. The summed E-state index contributed by atoms with van der Waals surface area (Å²) in [4.78, 5) is 14.3. The maximum Gasteiger partial charge on any atom is 0.251 e. The Morgan fingerprint density at radius 3 is 3.05 bits per heavy atom. The lowest BCUT2D eigenvalue weighted by molar-refractivity contribution is -0.144. The van der Waals surface area contributed by atoms with Gasteiger partial charge in [0.25, 0.3) is 5.91 Å². The van der Waals surface area contributed by atoms with Crippen LogP contribution in [0.4, 0.5) is 0 Å². The molecule has 1 saturated heterocycles. The first-order chi connectivity index (χ1) is 10.1. The lowest BCUT2D eigenvalue weighted by Crippen LogP contribution is -2.44. The van der Waals surface area contributed by atoms with Crippen LogP contribution in [0.15, 0.2) is 6.07 Å². The molecule has 1 aliphatic heterocycles. The largest absolute Gasteiger partial charge is 0.382 e. The fourth-order valence-electron chi connectivity index (χ4n) is 2.70. The van der Waals surface area contributed by atoms with Crippen molar-refractivity contribution >= 4 is 5.91 Å². The summed E-state index contributed by atoms with van der Waals surface area (Å²) in [6, 6.07) is 2.07. The van der Waals surface area contributed by atoms with Crippen molar-refractivity contribution in [1.82, 2.24) is 15.1 Å². The molecule has 6 heteroatoms. The van der Waals surface area contributed by atoms with Gasteiger partial charge < -0.3 is 14.4 Å². The first-order valence-corrected chi connectivity index (χ1v) is 7.53. The molecular formula is C15H25N3O3. The van der Waals surface area contributed by atoms with Crippen molar-refractivity contribution in [3.63, 3.8) is 0 Å². The molecule has 0 bridgehead atoms. The summed E-state index contributed by atoms with van der Waals surface area (Å²) in [5.41, 5.74) is 2.11. The Morgan fingerprint density at radius 1 is 1.57 bits per heavy atom. The number of aromatic nitrogens is 2. The Hall–Kier alpha value is -1.40. The molecule has 1 aliphatic rings. The minimum atomic E-state index is -0.417. The average molecular weight is 295 g/mol. The molecule has 6 nitrogen and oxygen atoms in total.